The van der Waals surface area contributed by atoms with Crippen molar-refractivity contribution >= 4 is 11.8 Å². The van der Waals surface area contributed by atoms with Crippen molar-refractivity contribution in [2.45, 2.75) is 39.2 Å². The molecule has 5 nitrogen and oxygen atoms in total. The second-order valence-corrected chi connectivity index (χ2v) is 6.92. The molecule has 0 radical (unpaired) electrons. The van der Waals surface area contributed by atoms with E-state index in [4.69, 9.17) is 0 Å². The molecule has 3 rings (SSSR count). The maximum Gasteiger partial charge on any atom is 0.272 e. The van der Waals surface area contributed by atoms with Gasteiger partial charge in [0.1, 0.15) is 11.4 Å². The van der Waals surface area contributed by atoms with Crippen LogP contribution in [0.4, 0.5) is 0 Å². The van der Waals surface area contributed by atoms with Crippen LogP contribution >= 0.6 is 0 Å². The second kappa shape index (κ2) is 9.31. The number of hydrogen-bond acceptors (Lipinski definition) is 3. The number of benzene rings is 1. The van der Waals surface area contributed by atoms with Crippen LogP contribution in [-0.4, -0.2) is 46.2 Å². The Balaban J connectivity index is 1.75. The third-order valence-corrected chi connectivity index (χ3v) is 4.97. The van der Waals surface area contributed by atoms with Crippen molar-refractivity contribution in [2.75, 3.05) is 19.6 Å². The van der Waals surface area contributed by atoms with E-state index in [2.05, 4.69) is 4.98 Å². The molecular weight excluding hydrogens is 338 g/mol. The Bertz CT molecular complexity index is 768. The van der Waals surface area contributed by atoms with E-state index in [1.807, 2.05) is 42.2 Å². The van der Waals surface area contributed by atoms with Gasteiger partial charge in [-0.3, -0.25) is 9.59 Å². The number of aromatic nitrogens is 1. The van der Waals surface area contributed by atoms with Gasteiger partial charge in [-0.15, -0.1) is 0 Å². The summed E-state index contributed by atoms with van der Waals surface area (Å²) < 4.78 is 0. The molecule has 0 bridgehead atoms. The first-order valence-corrected chi connectivity index (χ1v) is 9.78. The first-order chi connectivity index (χ1) is 13.2. The molecule has 0 spiro atoms. The lowest BCUT2D eigenvalue weighted by Gasteiger charge is -2.22. The molecule has 5 heteroatoms. The van der Waals surface area contributed by atoms with Gasteiger partial charge in [0.05, 0.1) is 0 Å². The highest BCUT2D eigenvalue weighted by Crippen LogP contribution is 2.14. The molecule has 0 aliphatic carbocycles. The lowest BCUT2D eigenvalue weighted by molar-refractivity contribution is 0.0742. The summed E-state index contributed by atoms with van der Waals surface area (Å²) in [7, 11) is 0. The van der Waals surface area contributed by atoms with Crippen LogP contribution in [0.1, 0.15) is 59.1 Å². The van der Waals surface area contributed by atoms with E-state index in [1.54, 1.807) is 23.1 Å². The lowest BCUT2D eigenvalue weighted by Crippen LogP contribution is -2.34. The predicted octanol–water partition coefficient (Wildman–Crippen LogP) is 3.76. The number of rotatable bonds is 5. The quantitative estimate of drug-likeness (QED) is 0.811. The molecule has 1 fully saturated rings. The van der Waals surface area contributed by atoms with E-state index < -0.39 is 0 Å². The van der Waals surface area contributed by atoms with Gasteiger partial charge in [0, 0.05) is 26.2 Å². The summed E-state index contributed by atoms with van der Waals surface area (Å²) in [5, 5.41) is 0. The first-order valence-electron chi connectivity index (χ1n) is 9.78. The Hall–Kier alpha value is -2.69. The number of hydrogen-bond donors (Lipinski definition) is 0. The van der Waals surface area contributed by atoms with Crippen molar-refractivity contribution in [1.29, 1.82) is 0 Å². The number of nitrogens with zero attached hydrogens (tertiary/aromatic N) is 3. The molecule has 2 amide bonds. The zero-order valence-electron chi connectivity index (χ0n) is 15.9. The van der Waals surface area contributed by atoms with E-state index in [-0.39, 0.29) is 11.8 Å². The molecule has 0 saturated carbocycles. The monoisotopic (exact) mass is 365 g/mol. The van der Waals surface area contributed by atoms with Crippen LogP contribution < -0.4 is 0 Å². The molecule has 2 heterocycles. The zero-order chi connectivity index (χ0) is 19.1. The molecule has 0 unspecified atom stereocenters. The normalized spacial score (nSPS) is 14.5. The van der Waals surface area contributed by atoms with Gasteiger partial charge in [0.15, 0.2) is 0 Å². The van der Waals surface area contributed by atoms with Crippen molar-refractivity contribution in [2.24, 2.45) is 0 Å². The smallest absolute Gasteiger partial charge is 0.272 e. The molecule has 0 atom stereocenters. The fraction of sp³-hybridized carbons (Fsp3) is 0.409. The third kappa shape index (κ3) is 4.94. The summed E-state index contributed by atoms with van der Waals surface area (Å²) in [6.07, 6.45) is 4.40. The standard InChI is InChI=1S/C22H27N3O2/c1-2-24(17-18-11-6-5-7-12-18)21(26)19-13-10-14-20(23-19)22(27)25-15-8-3-4-9-16-25/h5-7,10-14H,2-4,8-9,15-17H2,1H3. The zero-order valence-corrected chi connectivity index (χ0v) is 15.9. The maximum absolute atomic E-state index is 12.9. The molecule has 1 aromatic heterocycles. The molecule has 1 saturated heterocycles. The highest BCUT2D eigenvalue weighted by atomic mass is 16.2. The minimum atomic E-state index is -0.146. The van der Waals surface area contributed by atoms with E-state index in [0.29, 0.717) is 24.5 Å². The fourth-order valence-corrected chi connectivity index (χ4v) is 3.40. The number of pyridine rings is 1. The molecule has 1 aromatic carbocycles. The molecule has 1 aliphatic heterocycles. The molecular formula is C22H27N3O2. The van der Waals surface area contributed by atoms with Crippen LogP contribution in [-0.2, 0) is 6.54 Å². The number of likely N-dealkylation sites (tertiary alicyclic amines) is 1. The highest BCUT2D eigenvalue weighted by molar-refractivity contribution is 5.96. The maximum atomic E-state index is 12.9. The van der Waals surface area contributed by atoms with E-state index in [9.17, 15) is 9.59 Å². The Kier molecular flexibility index (Phi) is 6.58. The molecule has 142 valence electrons. The van der Waals surface area contributed by atoms with Crippen LogP contribution in [0, 0.1) is 0 Å². The van der Waals surface area contributed by atoms with Crippen LogP contribution in [0.25, 0.3) is 0 Å². The third-order valence-electron chi connectivity index (χ3n) is 4.97. The SMILES string of the molecule is CCN(Cc1ccccc1)C(=O)c1cccc(C(=O)N2CCCCCC2)n1. The molecule has 0 N–H and O–H groups in total. The fourth-order valence-electron chi connectivity index (χ4n) is 3.40. The topological polar surface area (TPSA) is 53.5 Å². The van der Waals surface area contributed by atoms with Crippen molar-refractivity contribution in [3.63, 3.8) is 0 Å². The van der Waals surface area contributed by atoms with E-state index in [1.165, 1.54) is 12.8 Å². The van der Waals surface area contributed by atoms with Crippen molar-refractivity contribution < 1.29 is 9.59 Å². The Morgan fingerprint density at radius 2 is 1.59 bits per heavy atom. The van der Waals surface area contributed by atoms with Crippen molar-refractivity contribution in [1.82, 2.24) is 14.8 Å². The summed E-state index contributed by atoms with van der Waals surface area (Å²) in [6, 6.07) is 15.0. The van der Waals surface area contributed by atoms with Crippen molar-refractivity contribution in [3.8, 4) is 0 Å². The van der Waals surface area contributed by atoms with Gasteiger partial charge in [0.2, 0.25) is 0 Å². The average Bonchev–Trinajstić information content (AvgIpc) is 3.01. The Labute approximate surface area is 161 Å². The summed E-state index contributed by atoms with van der Waals surface area (Å²) in [5.74, 6) is -0.218. The van der Waals surface area contributed by atoms with Crippen LogP contribution in [0.5, 0.6) is 0 Å². The summed E-state index contributed by atoms with van der Waals surface area (Å²) in [5.41, 5.74) is 1.76. The van der Waals surface area contributed by atoms with Gasteiger partial charge < -0.3 is 9.80 Å². The Morgan fingerprint density at radius 3 is 2.26 bits per heavy atom. The summed E-state index contributed by atoms with van der Waals surface area (Å²) >= 11 is 0. The molecule has 2 aromatic rings. The minimum Gasteiger partial charge on any atom is -0.337 e. The molecule has 27 heavy (non-hydrogen) atoms. The lowest BCUT2D eigenvalue weighted by atomic mass is 10.2. The predicted molar refractivity (Wildman–Crippen MR) is 105 cm³/mol. The largest absolute Gasteiger partial charge is 0.337 e. The second-order valence-electron chi connectivity index (χ2n) is 6.92. The number of amides is 2. The van der Waals surface area contributed by atoms with Gasteiger partial charge in [-0.1, -0.05) is 49.2 Å². The Morgan fingerprint density at radius 1 is 0.926 bits per heavy atom. The van der Waals surface area contributed by atoms with Crippen LogP contribution in [0.3, 0.4) is 0 Å². The average molecular weight is 365 g/mol. The van der Waals surface area contributed by atoms with E-state index >= 15 is 0 Å². The molecule has 1 aliphatic rings. The van der Waals surface area contributed by atoms with Gasteiger partial charge in [-0.25, -0.2) is 4.98 Å². The van der Waals surface area contributed by atoms with Gasteiger partial charge in [0.25, 0.3) is 11.8 Å². The van der Waals surface area contributed by atoms with Crippen LogP contribution in [0.2, 0.25) is 0 Å². The summed E-state index contributed by atoms with van der Waals surface area (Å²) in [4.78, 5) is 33.7. The van der Waals surface area contributed by atoms with Crippen molar-refractivity contribution in [3.05, 3.63) is 65.5 Å². The van der Waals surface area contributed by atoms with Gasteiger partial charge in [-0.05, 0) is 37.5 Å². The highest BCUT2D eigenvalue weighted by Gasteiger charge is 2.21. The first kappa shape index (κ1) is 19.1. The van der Waals surface area contributed by atoms with Gasteiger partial charge >= 0.3 is 0 Å². The van der Waals surface area contributed by atoms with Gasteiger partial charge in [-0.2, -0.15) is 0 Å². The number of carbonyl (C=O) groups excluding carboxylic acids is 2. The van der Waals surface area contributed by atoms with E-state index in [0.717, 1.165) is 31.5 Å². The van der Waals surface area contributed by atoms with Crippen LogP contribution in [0.15, 0.2) is 48.5 Å². The minimum absolute atomic E-state index is 0.0716. The summed E-state index contributed by atoms with van der Waals surface area (Å²) in [6.45, 7) is 4.61. The number of carbonyl (C=O) groups is 2.